The number of rotatable bonds is 4. The number of hydrogen-bond acceptors (Lipinski definition) is 3. The topological polar surface area (TPSA) is 58.2 Å². The number of carbonyl (C=O) groups excluding carboxylic acids is 2. The molecule has 0 aliphatic heterocycles. The van der Waals surface area contributed by atoms with E-state index in [1.807, 2.05) is 19.9 Å². The van der Waals surface area contributed by atoms with Gasteiger partial charge in [-0.25, -0.2) is 0 Å². The molecule has 0 saturated heterocycles. The zero-order chi connectivity index (χ0) is 13.8. The Morgan fingerprint density at radius 1 is 1.32 bits per heavy atom. The lowest BCUT2D eigenvalue weighted by Crippen LogP contribution is -2.39. The largest absolute Gasteiger partial charge is 0.352 e. The normalized spacial score (nSPS) is 14.1. The Morgan fingerprint density at radius 3 is 2.74 bits per heavy atom. The number of thiophene rings is 1. The van der Waals surface area contributed by atoms with E-state index in [0.29, 0.717) is 0 Å². The van der Waals surface area contributed by atoms with Crippen LogP contribution in [0.4, 0.5) is 0 Å². The molecule has 2 amide bonds. The standard InChI is InChI=1S/C14H20N2O2S/c1-9(2)16-13(17)8-15-14(18)12-7-10-5-3-4-6-11(10)19-12/h7,9H,3-6,8H2,1-2H3,(H,15,18)(H,16,17). The molecule has 0 atom stereocenters. The fourth-order valence-electron chi connectivity index (χ4n) is 2.22. The minimum atomic E-state index is -0.148. The monoisotopic (exact) mass is 280 g/mol. The van der Waals surface area contributed by atoms with Gasteiger partial charge in [-0.2, -0.15) is 0 Å². The van der Waals surface area contributed by atoms with Crippen LogP contribution in [0.2, 0.25) is 0 Å². The van der Waals surface area contributed by atoms with Gasteiger partial charge in [-0.3, -0.25) is 9.59 Å². The summed E-state index contributed by atoms with van der Waals surface area (Å²) in [5, 5.41) is 5.42. The van der Waals surface area contributed by atoms with Crippen LogP contribution in [0.5, 0.6) is 0 Å². The van der Waals surface area contributed by atoms with E-state index in [9.17, 15) is 9.59 Å². The summed E-state index contributed by atoms with van der Waals surface area (Å²) in [5.41, 5.74) is 1.31. The van der Waals surface area contributed by atoms with Crippen LogP contribution in [0, 0.1) is 0 Å². The Hall–Kier alpha value is -1.36. The molecule has 1 aromatic heterocycles. The number of carbonyl (C=O) groups is 2. The van der Waals surface area contributed by atoms with E-state index in [0.717, 1.165) is 17.7 Å². The first-order valence-electron chi connectivity index (χ1n) is 6.75. The molecule has 1 aromatic rings. The predicted molar refractivity (Wildman–Crippen MR) is 76.6 cm³/mol. The molecule has 2 rings (SSSR count). The summed E-state index contributed by atoms with van der Waals surface area (Å²) in [6, 6.07) is 2.08. The third-order valence-electron chi connectivity index (χ3n) is 3.08. The molecular formula is C14H20N2O2S. The summed E-state index contributed by atoms with van der Waals surface area (Å²) in [7, 11) is 0. The van der Waals surface area contributed by atoms with E-state index in [2.05, 4.69) is 10.6 Å². The van der Waals surface area contributed by atoms with Gasteiger partial charge < -0.3 is 10.6 Å². The summed E-state index contributed by atoms with van der Waals surface area (Å²) >= 11 is 1.57. The molecule has 0 radical (unpaired) electrons. The van der Waals surface area contributed by atoms with Crippen LogP contribution in [-0.2, 0) is 17.6 Å². The predicted octanol–water partition coefficient (Wildman–Crippen LogP) is 1.88. The van der Waals surface area contributed by atoms with E-state index < -0.39 is 0 Å². The van der Waals surface area contributed by atoms with Gasteiger partial charge in [-0.15, -0.1) is 11.3 Å². The summed E-state index contributed by atoms with van der Waals surface area (Å²) in [6.07, 6.45) is 4.58. The molecule has 0 spiro atoms. The first-order valence-corrected chi connectivity index (χ1v) is 7.57. The molecular weight excluding hydrogens is 260 g/mol. The molecule has 1 heterocycles. The average Bonchev–Trinajstić information content (AvgIpc) is 2.78. The van der Waals surface area contributed by atoms with Crippen molar-refractivity contribution in [2.75, 3.05) is 6.54 Å². The molecule has 1 aliphatic carbocycles. The second-order valence-electron chi connectivity index (χ2n) is 5.17. The van der Waals surface area contributed by atoms with Crippen LogP contribution < -0.4 is 10.6 Å². The van der Waals surface area contributed by atoms with Gasteiger partial charge in [-0.1, -0.05) is 0 Å². The minimum absolute atomic E-state index is 0.0412. The van der Waals surface area contributed by atoms with Crippen molar-refractivity contribution in [3.05, 3.63) is 21.4 Å². The lowest BCUT2D eigenvalue weighted by atomic mass is 9.99. The molecule has 0 saturated carbocycles. The molecule has 104 valence electrons. The van der Waals surface area contributed by atoms with E-state index in [1.54, 1.807) is 11.3 Å². The quantitative estimate of drug-likeness (QED) is 0.884. The third kappa shape index (κ3) is 3.80. The highest BCUT2D eigenvalue weighted by molar-refractivity contribution is 7.14. The van der Waals surface area contributed by atoms with Crippen molar-refractivity contribution in [1.29, 1.82) is 0 Å². The van der Waals surface area contributed by atoms with Crippen molar-refractivity contribution in [3.63, 3.8) is 0 Å². The van der Waals surface area contributed by atoms with Gasteiger partial charge >= 0.3 is 0 Å². The molecule has 2 N–H and O–H groups in total. The lowest BCUT2D eigenvalue weighted by Gasteiger charge is -2.08. The summed E-state index contributed by atoms with van der Waals surface area (Å²) in [6.45, 7) is 3.83. The number of amides is 2. The van der Waals surface area contributed by atoms with Crippen molar-refractivity contribution in [2.45, 2.75) is 45.6 Å². The van der Waals surface area contributed by atoms with Crippen LogP contribution in [-0.4, -0.2) is 24.4 Å². The van der Waals surface area contributed by atoms with Gasteiger partial charge in [0.1, 0.15) is 0 Å². The SMILES string of the molecule is CC(C)NC(=O)CNC(=O)c1cc2c(s1)CCCC2. The Morgan fingerprint density at radius 2 is 2.05 bits per heavy atom. The smallest absolute Gasteiger partial charge is 0.261 e. The van der Waals surface area contributed by atoms with Crippen LogP contribution in [0.25, 0.3) is 0 Å². The first kappa shape index (κ1) is 14.1. The van der Waals surface area contributed by atoms with Crippen molar-refractivity contribution in [1.82, 2.24) is 10.6 Å². The average molecular weight is 280 g/mol. The van der Waals surface area contributed by atoms with Crippen molar-refractivity contribution in [2.24, 2.45) is 0 Å². The maximum Gasteiger partial charge on any atom is 0.261 e. The van der Waals surface area contributed by atoms with Crippen molar-refractivity contribution >= 4 is 23.2 Å². The Labute approximate surface area is 117 Å². The van der Waals surface area contributed by atoms with Crippen LogP contribution in [0.1, 0.15) is 46.8 Å². The van der Waals surface area contributed by atoms with Crippen molar-refractivity contribution < 1.29 is 9.59 Å². The van der Waals surface area contributed by atoms with Crippen molar-refractivity contribution in [3.8, 4) is 0 Å². The molecule has 0 unspecified atom stereocenters. The fourth-order valence-corrected chi connectivity index (χ4v) is 3.39. The van der Waals surface area contributed by atoms with Gasteiger partial charge in [0.2, 0.25) is 5.91 Å². The Balaban J connectivity index is 1.89. The summed E-state index contributed by atoms with van der Waals surface area (Å²) in [4.78, 5) is 25.5. The maximum atomic E-state index is 12.0. The number of fused-ring (bicyclic) bond motifs is 1. The highest BCUT2D eigenvalue weighted by Gasteiger charge is 2.17. The summed E-state index contributed by atoms with van der Waals surface area (Å²) in [5.74, 6) is -0.289. The second-order valence-corrected chi connectivity index (χ2v) is 6.31. The van der Waals surface area contributed by atoms with E-state index >= 15 is 0 Å². The number of hydrogen-bond donors (Lipinski definition) is 2. The van der Waals surface area contributed by atoms with Gasteiger partial charge in [0.15, 0.2) is 0 Å². The van der Waals surface area contributed by atoms with Gasteiger partial charge in [0, 0.05) is 10.9 Å². The molecule has 5 heteroatoms. The van der Waals surface area contributed by atoms with Crippen LogP contribution in [0.3, 0.4) is 0 Å². The fraction of sp³-hybridized carbons (Fsp3) is 0.571. The first-order chi connectivity index (χ1) is 9.06. The van der Waals surface area contributed by atoms with E-state index in [-0.39, 0.29) is 24.4 Å². The maximum absolute atomic E-state index is 12.0. The molecule has 19 heavy (non-hydrogen) atoms. The zero-order valence-corrected chi connectivity index (χ0v) is 12.2. The Kier molecular flexibility index (Phi) is 4.58. The van der Waals surface area contributed by atoms with Gasteiger partial charge in [-0.05, 0) is 51.2 Å². The second kappa shape index (κ2) is 6.19. The summed E-state index contributed by atoms with van der Waals surface area (Å²) < 4.78 is 0. The highest BCUT2D eigenvalue weighted by Crippen LogP contribution is 2.29. The van der Waals surface area contributed by atoms with Crippen LogP contribution in [0.15, 0.2) is 6.07 Å². The lowest BCUT2D eigenvalue weighted by molar-refractivity contribution is -0.120. The Bertz CT molecular complexity index is 456. The molecule has 0 fully saturated rings. The molecule has 0 bridgehead atoms. The molecule has 0 aromatic carbocycles. The van der Waals surface area contributed by atoms with E-state index in [4.69, 9.17) is 0 Å². The van der Waals surface area contributed by atoms with E-state index in [1.165, 1.54) is 23.3 Å². The van der Waals surface area contributed by atoms with Gasteiger partial charge in [0.05, 0.1) is 11.4 Å². The van der Waals surface area contributed by atoms with Gasteiger partial charge in [0.25, 0.3) is 5.91 Å². The zero-order valence-electron chi connectivity index (χ0n) is 11.4. The third-order valence-corrected chi connectivity index (χ3v) is 4.32. The minimum Gasteiger partial charge on any atom is -0.352 e. The number of aryl methyl sites for hydroxylation is 2. The molecule has 1 aliphatic rings. The number of nitrogens with one attached hydrogen (secondary N) is 2. The highest BCUT2D eigenvalue weighted by atomic mass is 32.1. The van der Waals surface area contributed by atoms with Crippen LogP contribution >= 0.6 is 11.3 Å². The molecule has 4 nitrogen and oxygen atoms in total.